The highest BCUT2D eigenvalue weighted by molar-refractivity contribution is 6.02. The van der Waals surface area contributed by atoms with Gasteiger partial charge in [0.1, 0.15) is 5.71 Å². The molecule has 0 saturated carbocycles. The van der Waals surface area contributed by atoms with E-state index in [9.17, 15) is 0 Å². The molecule has 1 N–H and O–H groups in total. The van der Waals surface area contributed by atoms with Crippen LogP contribution in [0.15, 0.2) is 22.2 Å². The molecule has 0 radical (unpaired) electrons. The van der Waals surface area contributed by atoms with E-state index in [1.165, 1.54) is 0 Å². The van der Waals surface area contributed by atoms with Gasteiger partial charge < -0.3 is 4.98 Å². The number of hydrogen-bond donors (Lipinski definition) is 1. The van der Waals surface area contributed by atoms with Gasteiger partial charge >= 0.3 is 0 Å². The molecule has 0 fully saturated rings. The second-order valence-electron chi connectivity index (χ2n) is 2.87. The highest BCUT2D eigenvalue weighted by Gasteiger charge is 2.05. The number of H-pyrrole nitrogens is 1. The van der Waals surface area contributed by atoms with E-state index < -0.39 is 0 Å². The second-order valence-corrected chi connectivity index (χ2v) is 2.87. The Morgan fingerprint density at radius 2 is 2.00 bits per heavy atom. The summed E-state index contributed by atoms with van der Waals surface area (Å²) in [6.07, 6.45) is 1.72. The Morgan fingerprint density at radius 3 is 2.53 bits per heavy atom. The number of nitrogens with one attached hydrogen (secondary N) is 1. The predicted molar refractivity (Wildman–Crippen MR) is 57.4 cm³/mol. The molecule has 74 valence electrons. The molecule has 0 aliphatic heterocycles. The molecule has 1 heterocycles. The van der Waals surface area contributed by atoms with Crippen LogP contribution in [0.25, 0.3) is 4.95 Å². The number of aliphatic imine (C=N–C) groups is 1. The Bertz CT molecular complexity index is 448. The van der Waals surface area contributed by atoms with Crippen molar-refractivity contribution in [1.82, 2.24) is 4.98 Å². The second kappa shape index (κ2) is 4.73. The molecule has 5 nitrogen and oxygen atoms in total. The average Bonchev–Trinajstić information content (AvgIpc) is 2.67. The van der Waals surface area contributed by atoms with Crippen molar-refractivity contribution in [2.24, 2.45) is 10.1 Å². The summed E-state index contributed by atoms with van der Waals surface area (Å²) in [5, 5.41) is 12.0. The van der Waals surface area contributed by atoms with Crippen LogP contribution in [0.4, 0.5) is 0 Å². The normalized spacial score (nSPS) is 12.0. The molecular formula is C10H9N5. The molecule has 15 heavy (non-hydrogen) atoms. The SMILES string of the molecule is [C-]#[N+]N=C(C)c1ccc(C(C)=NC#N)[nH]1. The molecule has 0 unspecified atom stereocenters. The van der Waals surface area contributed by atoms with Crippen LogP contribution in [-0.4, -0.2) is 16.4 Å². The smallest absolute Gasteiger partial charge is 0.205 e. The van der Waals surface area contributed by atoms with E-state index in [4.69, 9.17) is 11.8 Å². The van der Waals surface area contributed by atoms with E-state index in [-0.39, 0.29) is 0 Å². The summed E-state index contributed by atoms with van der Waals surface area (Å²) in [6.45, 7) is 10.1. The Hall–Kier alpha value is -2.40. The Balaban J connectivity index is 3.02. The van der Waals surface area contributed by atoms with Crippen LogP contribution in [0.5, 0.6) is 0 Å². The van der Waals surface area contributed by atoms with Crippen molar-refractivity contribution < 1.29 is 0 Å². The van der Waals surface area contributed by atoms with Crippen LogP contribution in [0, 0.1) is 18.0 Å². The zero-order valence-corrected chi connectivity index (χ0v) is 8.44. The number of aromatic amines is 1. The maximum atomic E-state index is 8.38. The van der Waals surface area contributed by atoms with Gasteiger partial charge in [-0.25, -0.2) is 0 Å². The molecule has 0 atom stereocenters. The van der Waals surface area contributed by atoms with Gasteiger partial charge in [-0.15, -0.1) is 4.95 Å². The lowest BCUT2D eigenvalue weighted by Crippen LogP contribution is -1.98. The molecule has 0 saturated heterocycles. The van der Waals surface area contributed by atoms with Crippen molar-refractivity contribution in [1.29, 1.82) is 5.26 Å². The van der Waals surface area contributed by atoms with Gasteiger partial charge in [0.2, 0.25) is 6.19 Å². The third-order valence-corrected chi connectivity index (χ3v) is 1.88. The van der Waals surface area contributed by atoms with Gasteiger partial charge in [-0.1, -0.05) is 0 Å². The molecule has 1 rings (SSSR count). The molecule has 1 aromatic rings. The van der Waals surface area contributed by atoms with E-state index in [0.717, 1.165) is 11.4 Å². The largest absolute Gasteiger partial charge is 0.352 e. The Labute approximate surface area is 87.6 Å². The van der Waals surface area contributed by atoms with Gasteiger partial charge in [-0.3, -0.25) is 0 Å². The van der Waals surface area contributed by atoms with Crippen molar-refractivity contribution in [3.63, 3.8) is 0 Å². The highest BCUT2D eigenvalue weighted by Crippen LogP contribution is 2.05. The van der Waals surface area contributed by atoms with Gasteiger partial charge in [0.05, 0.1) is 22.2 Å². The molecule has 0 aromatic carbocycles. The van der Waals surface area contributed by atoms with E-state index in [1.807, 2.05) is 0 Å². The van der Waals surface area contributed by atoms with Crippen LogP contribution in [-0.2, 0) is 0 Å². The summed E-state index contributed by atoms with van der Waals surface area (Å²) in [6, 6.07) is 3.60. The number of hydrogen-bond acceptors (Lipinski definition) is 3. The first-order valence-electron chi connectivity index (χ1n) is 4.23. The molecule has 0 aliphatic carbocycles. The van der Waals surface area contributed by atoms with Gasteiger partial charge in [-0.2, -0.15) is 16.8 Å². The molecule has 0 spiro atoms. The lowest BCUT2D eigenvalue weighted by atomic mass is 10.3. The summed E-state index contributed by atoms with van der Waals surface area (Å²) in [5.74, 6) is 0. The first-order chi connectivity index (χ1) is 7.19. The lowest BCUT2D eigenvalue weighted by Gasteiger charge is -1.92. The summed E-state index contributed by atoms with van der Waals surface area (Å²) in [5.41, 5.74) is 2.74. The highest BCUT2D eigenvalue weighted by atomic mass is 15.2. The molecule has 1 aromatic heterocycles. The van der Waals surface area contributed by atoms with E-state index in [0.29, 0.717) is 11.4 Å². The van der Waals surface area contributed by atoms with Crippen LogP contribution in [0.1, 0.15) is 25.2 Å². The molecular weight excluding hydrogens is 190 g/mol. The van der Waals surface area contributed by atoms with Crippen molar-refractivity contribution in [2.45, 2.75) is 13.8 Å². The lowest BCUT2D eigenvalue weighted by molar-refractivity contribution is 1.30. The van der Waals surface area contributed by atoms with Gasteiger partial charge in [-0.05, 0) is 26.0 Å². The minimum absolute atomic E-state index is 0.611. The third kappa shape index (κ3) is 2.52. The number of rotatable bonds is 2. The first kappa shape index (κ1) is 10.7. The third-order valence-electron chi connectivity index (χ3n) is 1.88. The topological polar surface area (TPSA) is 68.7 Å². The zero-order valence-electron chi connectivity index (χ0n) is 8.44. The fourth-order valence-electron chi connectivity index (χ4n) is 1.08. The van der Waals surface area contributed by atoms with Crippen LogP contribution >= 0.6 is 0 Å². The van der Waals surface area contributed by atoms with Crippen LogP contribution in [0.3, 0.4) is 0 Å². The summed E-state index contributed by atoms with van der Waals surface area (Å²) >= 11 is 0. The van der Waals surface area contributed by atoms with E-state index in [2.05, 4.69) is 20.0 Å². The minimum Gasteiger partial charge on any atom is -0.352 e. The van der Waals surface area contributed by atoms with Crippen LogP contribution in [0.2, 0.25) is 0 Å². The zero-order chi connectivity index (χ0) is 11.3. The van der Waals surface area contributed by atoms with Crippen LogP contribution < -0.4 is 0 Å². The van der Waals surface area contributed by atoms with Gasteiger partial charge in [0.15, 0.2) is 0 Å². The first-order valence-corrected chi connectivity index (χ1v) is 4.23. The van der Waals surface area contributed by atoms with Gasteiger partial charge in [0.25, 0.3) is 0 Å². The van der Waals surface area contributed by atoms with Crippen molar-refractivity contribution >= 4 is 11.4 Å². The molecule has 0 amide bonds. The van der Waals surface area contributed by atoms with Crippen molar-refractivity contribution in [3.8, 4) is 6.19 Å². The monoisotopic (exact) mass is 199 g/mol. The summed E-state index contributed by atoms with van der Waals surface area (Å²) in [7, 11) is 0. The summed E-state index contributed by atoms with van der Waals surface area (Å²) in [4.78, 5) is 9.57. The summed E-state index contributed by atoms with van der Waals surface area (Å²) < 4.78 is 0. The molecule has 0 aliphatic rings. The molecule has 5 heteroatoms. The maximum absolute atomic E-state index is 8.38. The number of nitriles is 1. The molecule has 0 bridgehead atoms. The van der Waals surface area contributed by atoms with Gasteiger partial charge in [0, 0.05) is 0 Å². The van der Waals surface area contributed by atoms with E-state index in [1.54, 1.807) is 32.2 Å². The van der Waals surface area contributed by atoms with E-state index >= 15 is 0 Å². The van der Waals surface area contributed by atoms with Crippen molar-refractivity contribution in [2.75, 3.05) is 0 Å². The number of nitrogens with zero attached hydrogens (tertiary/aromatic N) is 4. The average molecular weight is 199 g/mol. The standard InChI is InChI=1S/C10H9N5/c1-7(13-6-11)9-4-5-10(14-9)8(2)15-12-3/h4-5,14H,1-2H3. The fraction of sp³-hybridized carbons (Fsp3) is 0.200. The minimum atomic E-state index is 0.611. The Morgan fingerprint density at radius 1 is 1.40 bits per heavy atom. The van der Waals surface area contributed by atoms with Crippen molar-refractivity contribution in [3.05, 3.63) is 35.0 Å². The number of aromatic nitrogens is 1. The Kier molecular flexibility index (Phi) is 3.37. The maximum Gasteiger partial charge on any atom is 0.205 e. The fourth-order valence-corrected chi connectivity index (χ4v) is 1.08. The quantitative estimate of drug-likeness (QED) is 0.336. The predicted octanol–water partition coefficient (Wildman–Crippen LogP) is 1.95.